The van der Waals surface area contributed by atoms with Crippen molar-refractivity contribution in [2.24, 2.45) is 7.05 Å². The number of rotatable bonds is 8. The van der Waals surface area contributed by atoms with Crippen molar-refractivity contribution in [3.8, 4) is 5.75 Å². The highest BCUT2D eigenvalue weighted by atomic mass is 19.1. The number of hydrogen-bond donors (Lipinski definition) is 1. The Morgan fingerprint density at radius 2 is 2.03 bits per heavy atom. The van der Waals surface area contributed by atoms with Gasteiger partial charge in [0, 0.05) is 58.1 Å². The minimum Gasteiger partial charge on any atom is -0.487 e. The molecule has 2 aromatic carbocycles. The molecule has 184 valence electrons. The van der Waals surface area contributed by atoms with Crippen molar-refractivity contribution in [3.63, 3.8) is 0 Å². The van der Waals surface area contributed by atoms with Gasteiger partial charge in [0.2, 0.25) is 0 Å². The van der Waals surface area contributed by atoms with Crippen LogP contribution in [0.5, 0.6) is 5.75 Å². The molecular formula is C26H29FN4O4. The van der Waals surface area contributed by atoms with Gasteiger partial charge < -0.3 is 19.7 Å². The van der Waals surface area contributed by atoms with E-state index in [1.807, 2.05) is 6.07 Å². The lowest BCUT2D eigenvalue weighted by Crippen LogP contribution is -2.22. The second-order valence-electron chi connectivity index (χ2n) is 8.85. The first-order chi connectivity index (χ1) is 16.7. The number of amides is 2. The summed E-state index contributed by atoms with van der Waals surface area (Å²) in [5.41, 5.74) is 3.26. The molecule has 1 atom stereocenters. The van der Waals surface area contributed by atoms with Gasteiger partial charge in [0.15, 0.2) is 5.82 Å². The standard InChI is InChI=1S/C26H29FN4O4/c1-30(2)26(33)20-8-6-16(11-22(20)27)5-7-17-12-18(25(32)28-24-9-10-31(3)29-24)13-23-21(17)14-19(35-23)15-34-4/h6,8-13,19H,5,7,14-15H2,1-4H3,(H,28,29,32). The fourth-order valence-corrected chi connectivity index (χ4v) is 4.20. The highest BCUT2D eigenvalue weighted by Gasteiger charge is 2.27. The summed E-state index contributed by atoms with van der Waals surface area (Å²) in [6, 6.07) is 10.0. The third-order valence-electron chi connectivity index (χ3n) is 5.95. The molecule has 1 N–H and O–H groups in total. The summed E-state index contributed by atoms with van der Waals surface area (Å²) in [4.78, 5) is 26.4. The Labute approximate surface area is 203 Å². The Kier molecular flexibility index (Phi) is 7.16. The summed E-state index contributed by atoms with van der Waals surface area (Å²) in [6.45, 7) is 0.441. The van der Waals surface area contributed by atoms with E-state index in [4.69, 9.17) is 9.47 Å². The third kappa shape index (κ3) is 5.51. The summed E-state index contributed by atoms with van der Waals surface area (Å²) in [7, 11) is 6.58. The van der Waals surface area contributed by atoms with Gasteiger partial charge in [-0.15, -0.1) is 0 Å². The second-order valence-corrected chi connectivity index (χ2v) is 8.85. The van der Waals surface area contributed by atoms with Crippen molar-refractivity contribution in [1.29, 1.82) is 0 Å². The topological polar surface area (TPSA) is 85.7 Å². The van der Waals surface area contributed by atoms with Crippen molar-refractivity contribution in [2.75, 3.05) is 33.1 Å². The van der Waals surface area contributed by atoms with E-state index < -0.39 is 5.82 Å². The van der Waals surface area contributed by atoms with E-state index in [1.54, 1.807) is 57.3 Å². The smallest absolute Gasteiger partial charge is 0.257 e. The molecule has 0 fully saturated rings. The predicted molar refractivity (Wildman–Crippen MR) is 129 cm³/mol. The van der Waals surface area contributed by atoms with E-state index in [1.165, 1.54) is 17.0 Å². The van der Waals surface area contributed by atoms with Gasteiger partial charge in [-0.25, -0.2) is 4.39 Å². The Hall–Kier alpha value is -3.72. The zero-order chi connectivity index (χ0) is 25.1. The molecule has 0 saturated heterocycles. The molecule has 0 aliphatic carbocycles. The van der Waals surface area contributed by atoms with Crippen LogP contribution in [0, 0.1) is 5.82 Å². The minimum absolute atomic E-state index is 0.0450. The molecule has 1 aliphatic heterocycles. The summed E-state index contributed by atoms with van der Waals surface area (Å²) in [5, 5.41) is 7.00. The van der Waals surface area contributed by atoms with E-state index in [9.17, 15) is 14.0 Å². The number of hydrogen-bond acceptors (Lipinski definition) is 5. The monoisotopic (exact) mass is 480 g/mol. The number of aromatic nitrogens is 2. The first-order valence-electron chi connectivity index (χ1n) is 11.4. The maximum atomic E-state index is 14.6. The molecule has 0 radical (unpaired) electrons. The van der Waals surface area contributed by atoms with Crippen LogP contribution in [0.25, 0.3) is 0 Å². The van der Waals surface area contributed by atoms with Crippen LogP contribution in [0.3, 0.4) is 0 Å². The van der Waals surface area contributed by atoms with E-state index in [0.29, 0.717) is 43.0 Å². The van der Waals surface area contributed by atoms with Crippen molar-refractivity contribution in [1.82, 2.24) is 14.7 Å². The average Bonchev–Trinajstić information content (AvgIpc) is 3.42. The van der Waals surface area contributed by atoms with Gasteiger partial charge in [0.25, 0.3) is 11.8 Å². The molecule has 1 aromatic heterocycles. The molecule has 3 aromatic rings. The van der Waals surface area contributed by atoms with Crippen LogP contribution in [0.4, 0.5) is 10.2 Å². The summed E-state index contributed by atoms with van der Waals surface area (Å²) < 4.78 is 27.5. The van der Waals surface area contributed by atoms with E-state index in [0.717, 1.165) is 16.7 Å². The number of nitrogens with one attached hydrogen (secondary N) is 1. The first-order valence-corrected chi connectivity index (χ1v) is 11.4. The largest absolute Gasteiger partial charge is 0.487 e. The molecular weight excluding hydrogens is 451 g/mol. The maximum absolute atomic E-state index is 14.6. The number of benzene rings is 2. The molecule has 35 heavy (non-hydrogen) atoms. The molecule has 9 heteroatoms. The average molecular weight is 481 g/mol. The van der Waals surface area contributed by atoms with E-state index in [-0.39, 0.29) is 23.5 Å². The summed E-state index contributed by atoms with van der Waals surface area (Å²) in [6.07, 6.45) is 3.41. The molecule has 4 rings (SSSR count). The number of fused-ring (bicyclic) bond motifs is 1. The molecule has 0 bridgehead atoms. The quantitative estimate of drug-likeness (QED) is 0.535. The van der Waals surface area contributed by atoms with Gasteiger partial charge in [0.1, 0.15) is 17.7 Å². The molecule has 0 spiro atoms. The van der Waals surface area contributed by atoms with Gasteiger partial charge in [0.05, 0.1) is 12.2 Å². The van der Waals surface area contributed by atoms with Gasteiger partial charge >= 0.3 is 0 Å². The van der Waals surface area contributed by atoms with Crippen molar-refractivity contribution in [3.05, 3.63) is 76.2 Å². The SMILES string of the molecule is COCC1Cc2c(CCc3ccc(C(=O)N(C)C)c(F)c3)cc(C(=O)Nc3ccn(C)n3)cc2O1. The molecule has 1 aliphatic rings. The summed E-state index contributed by atoms with van der Waals surface area (Å²) in [5.74, 6) is -0.0863. The predicted octanol–water partition coefficient (Wildman–Crippen LogP) is 3.25. The minimum atomic E-state index is -0.543. The van der Waals surface area contributed by atoms with E-state index in [2.05, 4.69) is 10.4 Å². The van der Waals surface area contributed by atoms with Crippen molar-refractivity contribution in [2.45, 2.75) is 25.4 Å². The first kappa shape index (κ1) is 24.4. The number of carbonyl (C=O) groups excluding carboxylic acids is 2. The molecule has 1 unspecified atom stereocenters. The number of anilines is 1. The zero-order valence-corrected chi connectivity index (χ0v) is 20.3. The van der Waals surface area contributed by atoms with Crippen molar-refractivity contribution >= 4 is 17.6 Å². The Morgan fingerprint density at radius 3 is 2.69 bits per heavy atom. The van der Waals surface area contributed by atoms with Gasteiger partial charge in [-0.2, -0.15) is 5.10 Å². The van der Waals surface area contributed by atoms with E-state index >= 15 is 0 Å². The fraction of sp³-hybridized carbons (Fsp3) is 0.346. The number of methoxy groups -OCH3 is 1. The molecule has 0 saturated carbocycles. The lowest BCUT2D eigenvalue weighted by atomic mass is 9.94. The lowest BCUT2D eigenvalue weighted by molar-refractivity contribution is 0.0822. The van der Waals surface area contributed by atoms with Gasteiger partial charge in [-0.05, 0) is 48.2 Å². The van der Waals surface area contributed by atoms with Crippen LogP contribution in [0.2, 0.25) is 0 Å². The number of halogens is 1. The summed E-state index contributed by atoms with van der Waals surface area (Å²) >= 11 is 0. The Bertz CT molecular complexity index is 1250. The normalized spacial score (nSPS) is 14.4. The number of nitrogens with zero attached hydrogens (tertiary/aromatic N) is 3. The Morgan fingerprint density at radius 1 is 1.23 bits per heavy atom. The molecule has 2 heterocycles. The number of aryl methyl sites for hydroxylation is 3. The van der Waals surface area contributed by atoms with Crippen LogP contribution >= 0.6 is 0 Å². The lowest BCUT2D eigenvalue weighted by Gasteiger charge is -2.13. The second kappa shape index (κ2) is 10.3. The van der Waals surface area contributed by atoms with Crippen molar-refractivity contribution < 1.29 is 23.5 Å². The van der Waals surface area contributed by atoms with Crippen LogP contribution < -0.4 is 10.1 Å². The van der Waals surface area contributed by atoms with Gasteiger partial charge in [-0.1, -0.05) is 6.07 Å². The fourth-order valence-electron chi connectivity index (χ4n) is 4.20. The highest BCUT2D eigenvalue weighted by Crippen LogP contribution is 2.34. The van der Waals surface area contributed by atoms with Crippen LogP contribution in [-0.2, 0) is 31.0 Å². The molecule has 2 amide bonds. The third-order valence-corrected chi connectivity index (χ3v) is 5.95. The number of ether oxygens (including phenoxy) is 2. The Balaban J connectivity index is 1.57. The van der Waals surface area contributed by atoms with Crippen LogP contribution in [0.1, 0.15) is 37.4 Å². The zero-order valence-electron chi connectivity index (χ0n) is 20.3. The molecule has 8 nitrogen and oxygen atoms in total. The maximum Gasteiger partial charge on any atom is 0.257 e. The number of carbonyl (C=O) groups is 2. The van der Waals surface area contributed by atoms with Crippen LogP contribution in [-0.4, -0.2) is 60.4 Å². The highest BCUT2D eigenvalue weighted by molar-refractivity contribution is 6.04. The van der Waals surface area contributed by atoms with Crippen LogP contribution in [0.15, 0.2) is 42.6 Å². The van der Waals surface area contributed by atoms with Gasteiger partial charge in [-0.3, -0.25) is 14.3 Å².